The second kappa shape index (κ2) is 6.16. The van der Waals surface area contributed by atoms with E-state index in [0.717, 1.165) is 5.69 Å². The highest BCUT2D eigenvalue weighted by Crippen LogP contribution is 2.29. The van der Waals surface area contributed by atoms with Gasteiger partial charge in [-0.15, -0.1) is 0 Å². The van der Waals surface area contributed by atoms with Crippen LogP contribution in [0.5, 0.6) is 0 Å². The van der Waals surface area contributed by atoms with Crippen molar-refractivity contribution in [1.82, 2.24) is 0 Å². The molecule has 0 atom stereocenters. The van der Waals surface area contributed by atoms with E-state index in [2.05, 4.69) is 5.32 Å². The van der Waals surface area contributed by atoms with Gasteiger partial charge in [-0.25, -0.2) is 0 Å². The van der Waals surface area contributed by atoms with Crippen LogP contribution < -0.4 is 10.2 Å². The van der Waals surface area contributed by atoms with Gasteiger partial charge in [0.05, 0.1) is 15.7 Å². The maximum absolute atomic E-state index is 12.1. The minimum Gasteiger partial charge on any atom is -0.378 e. The van der Waals surface area contributed by atoms with Crippen LogP contribution in [0.4, 0.5) is 11.4 Å². The molecule has 3 nitrogen and oxygen atoms in total. The molecule has 2 aromatic carbocycles. The standard InChI is InChI=1S/C15H14Cl2N2O/c1-19(2)11-8-6-10(7-9-11)15(20)18-13-5-3-4-12(16)14(13)17/h3-9H,1-2H3,(H,18,20). The van der Waals surface area contributed by atoms with Crippen molar-refractivity contribution >= 4 is 40.5 Å². The molecule has 0 spiro atoms. The first-order valence-electron chi connectivity index (χ1n) is 6.02. The van der Waals surface area contributed by atoms with Crippen molar-refractivity contribution < 1.29 is 4.79 Å². The highest BCUT2D eigenvalue weighted by molar-refractivity contribution is 6.44. The highest BCUT2D eigenvalue weighted by Gasteiger charge is 2.10. The molecule has 0 fully saturated rings. The molecule has 2 aromatic rings. The Morgan fingerprint density at radius 2 is 1.70 bits per heavy atom. The molecular weight excluding hydrogens is 295 g/mol. The summed E-state index contributed by atoms with van der Waals surface area (Å²) >= 11 is 11.9. The Kier molecular flexibility index (Phi) is 4.53. The summed E-state index contributed by atoms with van der Waals surface area (Å²) in [5.41, 5.74) is 2.09. The van der Waals surface area contributed by atoms with E-state index in [0.29, 0.717) is 21.3 Å². The Morgan fingerprint density at radius 1 is 1.05 bits per heavy atom. The van der Waals surface area contributed by atoms with Gasteiger partial charge in [0.2, 0.25) is 0 Å². The molecule has 0 aliphatic rings. The number of carbonyl (C=O) groups is 1. The van der Waals surface area contributed by atoms with Crippen LogP contribution in [0.25, 0.3) is 0 Å². The number of nitrogens with zero attached hydrogens (tertiary/aromatic N) is 1. The number of rotatable bonds is 3. The first kappa shape index (κ1) is 14.7. The third kappa shape index (κ3) is 3.24. The molecular formula is C15H14Cl2N2O. The zero-order chi connectivity index (χ0) is 14.7. The minimum atomic E-state index is -0.223. The molecule has 1 amide bonds. The van der Waals surface area contributed by atoms with Gasteiger partial charge in [-0.1, -0.05) is 29.3 Å². The molecule has 0 heterocycles. The van der Waals surface area contributed by atoms with Crippen molar-refractivity contribution in [2.24, 2.45) is 0 Å². The zero-order valence-corrected chi connectivity index (χ0v) is 12.7. The van der Waals surface area contributed by atoms with Crippen molar-refractivity contribution in [3.63, 3.8) is 0 Å². The first-order valence-corrected chi connectivity index (χ1v) is 6.77. The van der Waals surface area contributed by atoms with E-state index in [9.17, 15) is 4.79 Å². The topological polar surface area (TPSA) is 32.3 Å². The lowest BCUT2D eigenvalue weighted by Crippen LogP contribution is -2.13. The fourth-order valence-corrected chi connectivity index (χ4v) is 2.05. The number of amides is 1. The molecule has 0 bridgehead atoms. The summed E-state index contributed by atoms with van der Waals surface area (Å²) in [6.07, 6.45) is 0. The van der Waals surface area contributed by atoms with Gasteiger partial charge < -0.3 is 10.2 Å². The molecule has 104 valence electrons. The van der Waals surface area contributed by atoms with E-state index >= 15 is 0 Å². The number of halogens is 2. The fourth-order valence-electron chi connectivity index (χ4n) is 1.71. The molecule has 0 radical (unpaired) electrons. The SMILES string of the molecule is CN(C)c1ccc(C(=O)Nc2cccc(Cl)c2Cl)cc1. The van der Waals surface area contributed by atoms with Crippen molar-refractivity contribution in [3.05, 3.63) is 58.1 Å². The summed E-state index contributed by atoms with van der Waals surface area (Å²) in [6.45, 7) is 0. The third-order valence-corrected chi connectivity index (χ3v) is 3.66. The molecule has 0 aliphatic heterocycles. The Hall–Kier alpha value is -1.71. The molecule has 0 aliphatic carbocycles. The molecule has 0 saturated carbocycles. The van der Waals surface area contributed by atoms with Crippen LogP contribution in [0.15, 0.2) is 42.5 Å². The lowest BCUT2D eigenvalue weighted by molar-refractivity contribution is 0.102. The number of hydrogen-bond acceptors (Lipinski definition) is 2. The van der Waals surface area contributed by atoms with Gasteiger partial charge in [-0.3, -0.25) is 4.79 Å². The fraction of sp³-hybridized carbons (Fsp3) is 0.133. The lowest BCUT2D eigenvalue weighted by atomic mass is 10.2. The predicted molar refractivity (Wildman–Crippen MR) is 85.2 cm³/mol. The Balaban J connectivity index is 2.18. The van der Waals surface area contributed by atoms with Crippen LogP contribution >= 0.6 is 23.2 Å². The van der Waals surface area contributed by atoms with Crippen LogP contribution in [0.1, 0.15) is 10.4 Å². The van der Waals surface area contributed by atoms with Gasteiger partial charge >= 0.3 is 0 Å². The molecule has 20 heavy (non-hydrogen) atoms. The number of nitrogens with one attached hydrogen (secondary N) is 1. The normalized spacial score (nSPS) is 10.2. The largest absolute Gasteiger partial charge is 0.378 e. The van der Waals surface area contributed by atoms with Crippen LogP contribution in [-0.4, -0.2) is 20.0 Å². The quantitative estimate of drug-likeness (QED) is 0.916. The smallest absolute Gasteiger partial charge is 0.255 e. The third-order valence-electron chi connectivity index (χ3n) is 2.85. The van der Waals surface area contributed by atoms with E-state index in [1.807, 2.05) is 31.1 Å². The Bertz CT molecular complexity index is 624. The van der Waals surface area contributed by atoms with Crippen LogP contribution in [-0.2, 0) is 0 Å². The lowest BCUT2D eigenvalue weighted by Gasteiger charge is -2.13. The van der Waals surface area contributed by atoms with Gasteiger partial charge in [-0.2, -0.15) is 0 Å². The van der Waals surface area contributed by atoms with E-state index in [1.54, 1.807) is 30.3 Å². The van der Waals surface area contributed by atoms with Gasteiger partial charge in [0.15, 0.2) is 0 Å². The van der Waals surface area contributed by atoms with Gasteiger partial charge in [0.1, 0.15) is 0 Å². The van der Waals surface area contributed by atoms with Gasteiger partial charge in [0.25, 0.3) is 5.91 Å². The summed E-state index contributed by atoms with van der Waals surface area (Å²) in [5.74, 6) is -0.223. The molecule has 5 heteroatoms. The van der Waals surface area contributed by atoms with Crippen molar-refractivity contribution in [3.8, 4) is 0 Å². The Morgan fingerprint density at radius 3 is 2.30 bits per heavy atom. The number of hydrogen-bond donors (Lipinski definition) is 1. The summed E-state index contributed by atoms with van der Waals surface area (Å²) in [7, 11) is 3.89. The van der Waals surface area contributed by atoms with Crippen molar-refractivity contribution in [1.29, 1.82) is 0 Å². The van der Waals surface area contributed by atoms with E-state index < -0.39 is 0 Å². The second-order valence-electron chi connectivity index (χ2n) is 4.50. The number of anilines is 2. The highest BCUT2D eigenvalue weighted by atomic mass is 35.5. The molecule has 2 rings (SSSR count). The summed E-state index contributed by atoms with van der Waals surface area (Å²) in [4.78, 5) is 14.1. The van der Waals surface area contributed by atoms with Crippen molar-refractivity contribution in [2.75, 3.05) is 24.3 Å². The number of carbonyl (C=O) groups excluding carboxylic acids is 1. The maximum Gasteiger partial charge on any atom is 0.255 e. The van der Waals surface area contributed by atoms with E-state index in [-0.39, 0.29) is 5.91 Å². The molecule has 1 N–H and O–H groups in total. The average molecular weight is 309 g/mol. The number of benzene rings is 2. The minimum absolute atomic E-state index is 0.223. The molecule has 0 unspecified atom stereocenters. The van der Waals surface area contributed by atoms with Crippen LogP contribution in [0.3, 0.4) is 0 Å². The summed E-state index contributed by atoms with van der Waals surface area (Å²) in [6, 6.07) is 12.4. The zero-order valence-electron chi connectivity index (χ0n) is 11.2. The van der Waals surface area contributed by atoms with E-state index in [4.69, 9.17) is 23.2 Å². The predicted octanol–water partition coefficient (Wildman–Crippen LogP) is 4.31. The van der Waals surface area contributed by atoms with Crippen molar-refractivity contribution in [2.45, 2.75) is 0 Å². The van der Waals surface area contributed by atoms with Gasteiger partial charge in [0, 0.05) is 25.3 Å². The molecule has 0 aromatic heterocycles. The second-order valence-corrected chi connectivity index (χ2v) is 5.28. The summed E-state index contributed by atoms with van der Waals surface area (Å²) < 4.78 is 0. The maximum atomic E-state index is 12.1. The monoisotopic (exact) mass is 308 g/mol. The van der Waals surface area contributed by atoms with Gasteiger partial charge in [-0.05, 0) is 36.4 Å². The van der Waals surface area contributed by atoms with E-state index in [1.165, 1.54) is 0 Å². The first-order chi connectivity index (χ1) is 9.49. The Labute approximate surface area is 128 Å². The molecule has 0 saturated heterocycles. The van der Waals surface area contributed by atoms with Crippen LogP contribution in [0.2, 0.25) is 10.0 Å². The van der Waals surface area contributed by atoms with Crippen LogP contribution in [0, 0.1) is 0 Å². The summed E-state index contributed by atoms with van der Waals surface area (Å²) in [5, 5.41) is 3.50. The average Bonchev–Trinajstić information content (AvgIpc) is 2.44.